The van der Waals surface area contributed by atoms with Gasteiger partial charge in [0, 0.05) is 0 Å². The number of imidazole rings is 1. The summed E-state index contributed by atoms with van der Waals surface area (Å²) >= 11 is 0. The monoisotopic (exact) mass is 673 g/mol. The van der Waals surface area contributed by atoms with E-state index in [-0.39, 0.29) is 66.5 Å². The maximum Gasteiger partial charge on any atom is 3.00 e. The van der Waals surface area contributed by atoms with Crippen molar-refractivity contribution in [2.75, 3.05) is 12.3 Å². The third kappa shape index (κ3) is 7.27. The number of ether oxygens (including phenoxy) is 1. The molecule has 0 radical (unpaired) electrons. The van der Waals surface area contributed by atoms with E-state index in [2.05, 4.69) is 28.1 Å². The first-order valence-corrected chi connectivity index (χ1v) is 12.5. The van der Waals surface area contributed by atoms with Gasteiger partial charge in [-0.05, 0) is 0 Å². The molecule has 0 bridgehead atoms. The van der Waals surface area contributed by atoms with Crippen LogP contribution in [0.4, 0.5) is 5.95 Å². The molecule has 0 spiro atoms. The second-order valence-corrected chi connectivity index (χ2v) is 10.4. The van der Waals surface area contributed by atoms with Crippen LogP contribution in [0.1, 0.15) is 6.23 Å². The molecule has 3 heterocycles. The van der Waals surface area contributed by atoms with Gasteiger partial charge in [0.05, 0.1) is 12.9 Å². The predicted octanol–water partition coefficient (Wildman–Crippen LogP) is -4.23. The van der Waals surface area contributed by atoms with E-state index in [1.54, 1.807) is 0 Å². The van der Waals surface area contributed by atoms with Crippen molar-refractivity contribution in [1.82, 2.24) is 19.5 Å². The zero-order chi connectivity index (χ0) is 24.1. The molecule has 1 fully saturated rings. The van der Waals surface area contributed by atoms with E-state index in [9.17, 15) is 43.4 Å². The summed E-state index contributed by atoms with van der Waals surface area (Å²) in [6.45, 7) is -1.12. The van der Waals surface area contributed by atoms with Crippen LogP contribution in [0.5, 0.6) is 0 Å². The smallest absolute Gasteiger partial charge is 0.756 e. The Hall–Kier alpha value is 0.0244. The average molecular weight is 672 g/mol. The third-order valence-corrected chi connectivity index (χ3v) is 7.55. The van der Waals surface area contributed by atoms with Gasteiger partial charge in [0.2, 0.25) is 5.95 Å². The number of aliphatic hydroxyl groups excluding tert-OH is 2. The van der Waals surface area contributed by atoms with Gasteiger partial charge in [-0.15, -0.1) is 0 Å². The minimum Gasteiger partial charge on any atom is -0.756 e. The topological polar surface area (TPSA) is 308 Å². The number of phosphoric ester groups is 1. The number of nitrogens with one attached hydrogen (secondary N) is 1. The number of H-pyrrole nitrogens is 1. The van der Waals surface area contributed by atoms with Crippen LogP contribution in [0, 0.1) is 49.4 Å². The van der Waals surface area contributed by atoms with Gasteiger partial charge in [0.1, 0.15) is 18.3 Å². The molecule has 3 unspecified atom stereocenters. The van der Waals surface area contributed by atoms with Crippen molar-refractivity contribution in [2.24, 2.45) is 0 Å². The number of hydrogen-bond acceptors (Lipinski definition) is 16. The molecule has 33 heavy (non-hydrogen) atoms. The van der Waals surface area contributed by atoms with Gasteiger partial charge in [-0.2, -0.15) is 4.98 Å². The summed E-state index contributed by atoms with van der Waals surface area (Å²) in [5, 5.41) is 20.3. The molecule has 19 nitrogen and oxygen atoms in total. The molecule has 2 aromatic rings. The van der Waals surface area contributed by atoms with Gasteiger partial charge in [0.25, 0.3) is 29.0 Å². The van der Waals surface area contributed by atoms with Crippen LogP contribution in [0.2, 0.25) is 0 Å². The van der Waals surface area contributed by atoms with Crippen molar-refractivity contribution in [1.29, 1.82) is 0 Å². The first-order valence-electron chi connectivity index (χ1n) is 8.05. The van der Waals surface area contributed by atoms with Crippen LogP contribution in [0.15, 0.2) is 11.1 Å². The number of fused-ring (bicyclic) bond motifs is 1. The molecule has 6 N–H and O–H groups in total. The van der Waals surface area contributed by atoms with Crippen LogP contribution >= 0.6 is 23.5 Å². The fraction of sp³-hybridized carbons (Fsp3) is 0.500. The standard InChI is InChI=1S/C10H16N5O14P3.Eu/c11-10-13-7-4(8(18)14-10)12-2-15(7)9-6(17)5(16)3(27-9)1-26-31(22,23)29-32(24,25)28-30(19,20)21;/h2-3,5-6,9,16-17H,1H2,(H,22,23)(H,24,25)(H2,19,20,21)(H3,11,13,14,18);/q;+3/p-3/t3-,5-,6-,9-;/m1./s1. The number of hydrogen-bond donors (Lipinski definition) is 5. The van der Waals surface area contributed by atoms with Gasteiger partial charge in [0.15, 0.2) is 17.4 Å². The Morgan fingerprint density at radius 2 is 1.82 bits per heavy atom. The molecule has 2 aromatic heterocycles. The molecule has 0 aromatic carbocycles. The molecule has 1 saturated heterocycles. The Bertz CT molecular complexity index is 1210. The van der Waals surface area contributed by atoms with Crippen molar-refractivity contribution in [3.05, 3.63) is 16.7 Å². The number of phosphoric acid groups is 3. The van der Waals surface area contributed by atoms with E-state index >= 15 is 0 Å². The Balaban J connectivity index is 0.00000385. The Labute approximate surface area is 222 Å². The molecular formula is C10H13EuN5O14P3. The van der Waals surface area contributed by atoms with Crippen molar-refractivity contribution >= 4 is 40.6 Å². The average Bonchev–Trinajstić information content (AvgIpc) is 3.12. The van der Waals surface area contributed by atoms with Crippen LogP contribution in [0.25, 0.3) is 11.2 Å². The molecule has 7 atom stereocenters. The van der Waals surface area contributed by atoms with Crippen LogP contribution in [0.3, 0.4) is 0 Å². The molecule has 0 saturated carbocycles. The fourth-order valence-corrected chi connectivity index (χ4v) is 5.57. The molecule has 1 aliphatic heterocycles. The Kier molecular flexibility index (Phi) is 9.36. The number of aromatic nitrogens is 4. The van der Waals surface area contributed by atoms with Gasteiger partial charge >= 0.3 is 49.4 Å². The number of nitrogens with zero attached hydrogens (tertiary/aromatic N) is 3. The summed E-state index contributed by atoms with van der Waals surface area (Å²) in [7, 11) is -17.8. The largest absolute Gasteiger partial charge is 3.00 e. The molecule has 23 heteroatoms. The van der Waals surface area contributed by atoms with Crippen molar-refractivity contribution < 1.29 is 111 Å². The van der Waals surface area contributed by atoms with Crippen LogP contribution < -0.4 is 26.0 Å². The summed E-state index contributed by atoms with van der Waals surface area (Å²) < 4.78 is 50.3. The summed E-state index contributed by atoms with van der Waals surface area (Å²) in [5.74, 6) is -0.295. The maximum atomic E-state index is 11.8. The van der Waals surface area contributed by atoms with E-state index in [4.69, 9.17) is 15.4 Å². The first kappa shape index (κ1) is 29.3. The number of aromatic amines is 1. The van der Waals surface area contributed by atoms with E-state index < -0.39 is 60.2 Å². The number of rotatable bonds is 8. The maximum absolute atomic E-state index is 11.8. The summed E-state index contributed by atoms with van der Waals surface area (Å²) in [6, 6.07) is 0. The fourth-order valence-electron chi connectivity index (χ4n) is 2.68. The van der Waals surface area contributed by atoms with Gasteiger partial charge in [-0.1, -0.05) is 0 Å². The second-order valence-electron chi connectivity index (χ2n) is 6.14. The molecule has 0 amide bonds. The molecule has 1 aliphatic rings. The predicted molar refractivity (Wildman–Crippen MR) is 91.6 cm³/mol. The van der Waals surface area contributed by atoms with E-state index in [0.29, 0.717) is 0 Å². The minimum absolute atomic E-state index is 0. The number of nitrogen functional groups attached to an aromatic ring is 1. The van der Waals surface area contributed by atoms with Crippen LogP contribution in [-0.4, -0.2) is 59.5 Å². The number of anilines is 1. The van der Waals surface area contributed by atoms with E-state index in [1.807, 2.05) is 0 Å². The molecule has 0 aliphatic carbocycles. The Morgan fingerprint density at radius 1 is 1.18 bits per heavy atom. The zero-order valence-electron chi connectivity index (χ0n) is 15.6. The molecule has 3 rings (SSSR count). The Morgan fingerprint density at radius 3 is 2.42 bits per heavy atom. The minimum atomic E-state index is -6.11. The van der Waals surface area contributed by atoms with Crippen molar-refractivity contribution in [3.8, 4) is 0 Å². The zero-order valence-corrected chi connectivity index (χ0v) is 20.7. The van der Waals surface area contributed by atoms with Gasteiger partial charge < -0.3 is 44.8 Å². The normalized spacial score (nSPS) is 28.5. The van der Waals surface area contributed by atoms with Crippen LogP contribution in [-0.2, 0) is 31.6 Å². The summed E-state index contributed by atoms with van der Waals surface area (Å²) in [4.78, 5) is 63.2. The number of nitrogens with two attached hydrogens (primary N) is 1. The van der Waals surface area contributed by atoms with Crippen molar-refractivity contribution in [3.63, 3.8) is 0 Å². The third-order valence-electron chi connectivity index (χ3n) is 3.86. The number of aliphatic hydroxyl groups is 2. The first-order chi connectivity index (χ1) is 14.6. The van der Waals surface area contributed by atoms with Crippen molar-refractivity contribution in [2.45, 2.75) is 24.5 Å². The molecular weight excluding hydrogens is 659 g/mol. The quantitative estimate of drug-likeness (QED) is 0.166. The van der Waals surface area contributed by atoms with E-state index in [0.717, 1.165) is 10.9 Å². The van der Waals surface area contributed by atoms with E-state index in [1.165, 1.54) is 0 Å². The van der Waals surface area contributed by atoms with Gasteiger partial charge in [-0.3, -0.25) is 28.0 Å². The molecule has 184 valence electrons. The van der Waals surface area contributed by atoms with Gasteiger partial charge in [-0.25, -0.2) is 13.6 Å². The SMILES string of the molecule is Nc1nc2c(ncn2[C@@H]2O[C@H](COP(=O)([O-])OP(=O)([O-])OP(=O)([O-])O)[C@@H](O)[C@H]2O)c(=O)[nH]1.[Eu+3]. The second kappa shape index (κ2) is 10.6. The summed E-state index contributed by atoms with van der Waals surface area (Å²) in [5.41, 5.74) is 4.41. The summed E-state index contributed by atoms with van der Waals surface area (Å²) in [6.07, 6.45) is -5.57.